The van der Waals surface area contributed by atoms with Gasteiger partial charge in [-0.05, 0) is 35.4 Å². The van der Waals surface area contributed by atoms with Crippen LogP contribution in [0.2, 0.25) is 0 Å². The fraction of sp³-hybridized carbons (Fsp3) is 0.154. The number of carboxylic acids is 1. The summed E-state index contributed by atoms with van der Waals surface area (Å²) in [5.74, 6) is -1.60. The SMILES string of the molecule is COC(=O)c1ccc(CNC(=O)c2cc(C(=O)O)n3ncc(N)c3n2)cc1.Cc1nc2cc(CN)ccc2o1.Cl. The second-order valence-corrected chi connectivity index (χ2v) is 8.28. The number of oxazole rings is 1. The van der Waals surface area contributed by atoms with Crippen molar-refractivity contribution in [2.24, 2.45) is 5.73 Å². The van der Waals surface area contributed by atoms with Crippen molar-refractivity contribution in [1.82, 2.24) is 24.9 Å². The predicted octanol–water partition coefficient (Wildman–Crippen LogP) is 2.74. The van der Waals surface area contributed by atoms with Crippen LogP contribution in [0, 0.1) is 6.92 Å². The third-order valence-corrected chi connectivity index (χ3v) is 5.57. The molecule has 6 N–H and O–H groups in total. The molecule has 0 saturated heterocycles. The van der Waals surface area contributed by atoms with Crippen LogP contribution in [0.25, 0.3) is 16.7 Å². The lowest BCUT2D eigenvalue weighted by Crippen LogP contribution is -2.25. The number of nitrogen functional groups attached to an aromatic ring is 1. The highest BCUT2D eigenvalue weighted by molar-refractivity contribution is 5.96. The first-order chi connectivity index (χ1) is 18.7. The first-order valence-electron chi connectivity index (χ1n) is 11.6. The predicted molar refractivity (Wildman–Crippen MR) is 147 cm³/mol. The Morgan fingerprint density at radius 2 is 1.77 bits per heavy atom. The molecule has 0 saturated carbocycles. The molecule has 5 aromatic rings. The summed E-state index contributed by atoms with van der Waals surface area (Å²) in [5.41, 5.74) is 15.0. The molecule has 3 heterocycles. The van der Waals surface area contributed by atoms with Crippen molar-refractivity contribution in [3.8, 4) is 0 Å². The summed E-state index contributed by atoms with van der Waals surface area (Å²) in [6.45, 7) is 2.54. The molecule has 0 bridgehead atoms. The zero-order chi connectivity index (χ0) is 28.1. The molecule has 0 unspecified atom stereocenters. The van der Waals surface area contributed by atoms with Gasteiger partial charge >= 0.3 is 11.9 Å². The number of carbonyl (C=O) groups is 3. The van der Waals surface area contributed by atoms with Gasteiger partial charge in [0.05, 0.1) is 24.6 Å². The van der Waals surface area contributed by atoms with Crippen LogP contribution in [-0.2, 0) is 17.8 Å². The van der Waals surface area contributed by atoms with Gasteiger partial charge in [-0.25, -0.2) is 24.1 Å². The van der Waals surface area contributed by atoms with E-state index in [1.165, 1.54) is 13.3 Å². The number of carbonyl (C=O) groups excluding carboxylic acids is 2. The van der Waals surface area contributed by atoms with Crippen molar-refractivity contribution in [2.45, 2.75) is 20.0 Å². The van der Waals surface area contributed by atoms with Gasteiger partial charge in [0.25, 0.3) is 5.91 Å². The third-order valence-electron chi connectivity index (χ3n) is 5.57. The van der Waals surface area contributed by atoms with Gasteiger partial charge in [0.15, 0.2) is 22.8 Å². The lowest BCUT2D eigenvalue weighted by atomic mass is 10.1. The minimum absolute atomic E-state index is 0. The lowest BCUT2D eigenvalue weighted by Gasteiger charge is -2.08. The number of aromatic carboxylic acids is 1. The number of hydrogen-bond donors (Lipinski definition) is 4. The number of ether oxygens (including phenoxy) is 1. The monoisotopic (exact) mass is 567 g/mol. The number of hydrogen-bond acceptors (Lipinski definition) is 10. The largest absolute Gasteiger partial charge is 0.477 e. The first-order valence-corrected chi connectivity index (χ1v) is 11.6. The van der Waals surface area contributed by atoms with Crippen molar-refractivity contribution < 1.29 is 28.6 Å². The molecule has 3 aromatic heterocycles. The molecule has 0 spiro atoms. The van der Waals surface area contributed by atoms with Crippen molar-refractivity contribution in [3.05, 3.63) is 88.7 Å². The quantitative estimate of drug-likeness (QED) is 0.220. The maximum absolute atomic E-state index is 12.4. The molecular weight excluding hydrogens is 542 g/mol. The van der Waals surface area contributed by atoms with Gasteiger partial charge < -0.3 is 31.0 Å². The second-order valence-electron chi connectivity index (χ2n) is 8.28. The van der Waals surface area contributed by atoms with E-state index in [1.807, 2.05) is 25.1 Å². The van der Waals surface area contributed by atoms with E-state index >= 15 is 0 Å². The summed E-state index contributed by atoms with van der Waals surface area (Å²) >= 11 is 0. The minimum atomic E-state index is -1.27. The van der Waals surface area contributed by atoms with Crippen LogP contribution in [0.5, 0.6) is 0 Å². The van der Waals surface area contributed by atoms with Gasteiger partial charge in [0.2, 0.25) is 0 Å². The number of anilines is 1. The number of nitrogens with one attached hydrogen (secondary N) is 1. The number of rotatable bonds is 6. The minimum Gasteiger partial charge on any atom is -0.477 e. The van der Waals surface area contributed by atoms with Crippen molar-refractivity contribution in [1.29, 1.82) is 0 Å². The Bertz CT molecular complexity index is 1680. The lowest BCUT2D eigenvalue weighted by molar-refractivity contribution is 0.0599. The number of fused-ring (bicyclic) bond motifs is 2. The molecule has 1 amide bonds. The molecule has 2 aromatic carbocycles. The van der Waals surface area contributed by atoms with E-state index in [1.54, 1.807) is 24.3 Å². The average molecular weight is 568 g/mol. The van der Waals surface area contributed by atoms with Crippen LogP contribution in [0.1, 0.15) is 48.4 Å². The normalized spacial score (nSPS) is 10.4. The van der Waals surface area contributed by atoms with Crippen LogP contribution >= 0.6 is 12.4 Å². The number of methoxy groups -OCH3 is 1. The second kappa shape index (κ2) is 12.7. The van der Waals surface area contributed by atoms with Gasteiger partial charge in [-0.3, -0.25) is 4.79 Å². The molecule has 0 fully saturated rings. The van der Waals surface area contributed by atoms with E-state index in [0.717, 1.165) is 32.8 Å². The zero-order valence-electron chi connectivity index (χ0n) is 21.5. The van der Waals surface area contributed by atoms with Crippen LogP contribution < -0.4 is 16.8 Å². The van der Waals surface area contributed by atoms with E-state index in [2.05, 4.69) is 25.1 Å². The highest BCUT2D eigenvalue weighted by Crippen LogP contribution is 2.16. The molecule has 0 aliphatic carbocycles. The molecule has 5 rings (SSSR count). The Kier molecular flexibility index (Phi) is 9.37. The number of amides is 1. The van der Waals surface area contributed by atoms with Crippen LogP contribution in [0.3, 0.4) is 0 Å². The smallest absolute Gasteiger partial charge is 0.354 e. The number of nitrogens with two attached hydrogens (primary N) is 2. The number of halogens is 1. The van der Waals surface area contributed by atoms with Crippen LogP contribution in [0.4, 0.5) is 5.69 Å². The Labute approximate surface area is 233 Å². The van der Waals surface area contributed by atoms with Crippen molar-refractivity contribution >= 4 is 52.7 Å². The fourth-order valence-corrected chi connectivity index (χ4v) is 3.61. The molecule has 0 aliphatic heterocycles. The zero-order valence-corrected chi connectivity index (χ0v) is 22.3. The van der Waals surface area contributed by atoms with Crippen LogP contribution in [0.15, 0.2) is 59.1 Å². The highest BCUT2D eigenvalue weighted by atomic mass is 35.5. The van der Waals surface area contributed by atoms with Gasteiger partial charge in [-0.2, -0.15) is 5.10 Å². The van der Waals surface area contributed by atoms with E-state index in [0.29, 0.717) is 18.0 Å². The maximum Gasteiger partial charge on any atom is 0.354 e. The first kappa shape index (κ1) is 29.5. The number of carboxylic acid groups (broad SMARTS) is 1. The van der Waals surface area contributed by atoms with E-state index in [9.17, 15) is 19.5 Å². The van der Waals surface area contributed by atoms with Crippen LogP contribution in [-0.4, -0.2) is 49.6 Å². The summed E-state index contributed by atoms with van der Waals surface area (Å²) in [7, 11) is 1.29. The Morgan fingerprint density at radius 3 is 2.42 bits per heavy atom. The summed E-state index contributed by atoms with van der Waals surface area (Å²) < 4.78 is 11.0. The fourth-order valence-electron chi connectivity index (χ4n) is 3.61. The van der Waals surface area contributed by atoms with E-state index < -0.39 is 17.8 Å². The molecular formula is C26H26ClN7O6. The molecule has 14 heteroatoms. The molecule has 13 nitrogen and oxygen atoms in total. The average Bonchev–Trinajstić information content (AvgIpc) is 3.51. The molecule has 40 heavy (non-hydrogen) atoms. The summed E-state index contributed by atoms with van der Waals surface area (Å²) in [6.07, 6.45) is 1.26. The van der Waals surface area contributed by atoms with Gasteiger partial charge in [-0.1, -0.05) is 18.2 Å². The summed E-state index contributed by atoms with van der Waals surface area (Å²) in [4.78, 5) is 43.5. The topological polar surface area (TPSA) is 201 Å². The number of nitrogens with zero attached hydrogens (tertiary/aromatic N) is 4. The van der Waals surface area contributed by atoms with E-state index in [4.69, 9.17) is 15.9 Å². The van der Waals surface area contributed by atoms with Gasteiger partial charge in [-0.15, -0.1) is 12.4 Å². The highest BCUT2D eigenvalue weighted by Gasteiger charge is 2.18. The van der Waals surface area contributed by atoms with Crippen molar-refractivity contribution in [3.63, 3.8) is 0 Å². The summed E-state index contributed by atoms with van der Waals surface area (Å²) in [6, 6.07) is 13.4. The maximum atomic E-state index is 12.4. The number of aryl methyl sites for hydroxylation is 1. The number of esters is 1. The summed E-state index contributed by atoms with van der Waals surface area (Å²) in [5, 5.41) is 15.8. The Balaban J connectivity index is 0.000000283. The molecule has 208 valence electrons. The van der Waals surface area contributed by atoms with Crippen molar-refractivity contribution in [2.75, 3.05) is 12.8 Å². The van der Waals surface area contributed by atoms with Gasteiger partial charge in [0.1, 0.15) is 11.2 Å². The molecule has 0 radical (unpaired) electrons. The standard InChI is InChI=1S/C17H15N5O5.C9H10N2O.ClH/c1-27-17(26)10-4-2-9(3-5-10)7-19-15(23)12-6-13(16(24)25)22-14(21-12)11(18)8-20-22;1-6-11-8-4-7(5-10)2-3-9(8)12-6;/h2-6,8H,7,18H2,1H3,(H,19,23)(H,24,25);2-4H,5,10H2,1H3;1H. The number of aromatic nitrogens is 4. The van der Waals surface area contributed by atoms with Gasteiger partial charge in [0, 0.05) is 26.1 Å². The Hall–Kier alpha value is -5.01. The third kappa shape index (κ3) is 6.51. The Morgan fingerprint density at radius 1 is 1.07 bits per heavy atom. The molecule has 0 aliphatic rings. The molecule has 0 atom stereocenters. The van der Waals surface area contributed by atoms with E-state index in [-0.39, 0.29) is 41.7 Å². The number of benzene rings is 2.